The Balaban J connectivity index is 0.00000260. The molecule has 0 fully saturated rings. The number of ether oxygens (including phenoxy) is 1. The number of thioether (sulfide) groups is 1. The fraction of sp³-hybridized carbons (Fsp3) is 0.531. The van der Waals surface area contributed by atoms with Crippen LogP contribution in [0.15, 0.2) is 54.6 Å². The van der Waals surface area contributed by atoms with E-state index in [0.29, 0.717) is 24.0 Å². The number of fused-ring (bicyclic) bond motifs is 1. The normalized spacial score (nSPS) is 15.6. The van der Waals surface area contributed by atoms with Crippen LogP contribution in [-0.4, -0.2) is 49.8 Å². The second-order valence-electron chi connectivity index (χ2n) is 10.1. The van der Waals surface area contributed by atoms with Crippen LogP contribution in [0.3, 0.4) is 0 Å². The van der Waals surface area contributed by atoms with Gasteiger partial charge in [-0.2, -0.15) is 11.8 Å². The number of anilines is 1. The summed E-state index contributed by atoms with van der Waals surface area (Å²) in [4.78, 5) is 14.3. The zero-order chi connectivity index (χ0) is 28.5. The van der Waals surface area contributed by atoms with E-state index in [-0.39, 0.29) is 0 Å². The molecule has 0 saturated heterocycles. The molecule has 0 radical (unpaired) electrons. The fourth-order valence-corrected chi connectivity index (χ4v) is 5.63. The van der Waals surface area contributed by atoms with E-state index in [1.807, 2.05) is 36.0 Å². The lowest BCUT2D eigenvalue weighted by Crippen LogP contribution is -2.32. The highest BCUT2D eigenvalue weighted by molar-refractivity contribution is 7.98. The molecule has 2 atom stereocenters. The molecule has 0 saturated carbocycles. The van der Waals surface area contributed by atoms with E-state index in [9.17, 15) is 4.79 Å². The summed E-state index contributed by atoms with van der Waals surface area (Å²) in [7, 11) is 1.00. The van der Waals surface area contributed by atoms with Crippen molar-refractivity contribution in [2.24, 2.45) is 17.6 Å². The average molecular weight is 575 g/mol. The van der Waals surface area contributed by atoms with Gasteiger partial charge in [0, 0.05) is 36.7 Å². The number of amides is 1. The monoisotopic (exact) mass is 574 g/mol. The van der Waals surface area contributed by atoms with Gasteiger partial charge in [-0.15, -0.1) is 0 Å². The number of halogens is 1. The van der Waals surface area contributed by atoms with E-state index in [1.165, 1.54) is 24.2 Å². The van der Waals surface area contributed by atoms with Crippen molar-refractivity contribution in [2.45, 2.75) is 58.3 Å². The predicted octanol–water partition coefficient (Wildman–Crippen LogP) is 7.39. The third-order valence-electron chi connectivity index (χ3n) is 7.24. The second kappa shape index (κ2) is 19.0. The standard InChI is InChI=1S/C31H43ClN2O2S.CH4O/c1-3-24(10-6-4-5-7-19-37-2)17-18-34-22-26(13-8-11-25-12-9-14-28(32)20-25)23-36-30-16-15-27(31(33)35)21-29(30)34;1-2/h4,6,9,12,14-16,20-21,24,26H,3,5,7-8,10-11,13,17-19,22-23H2,1-2H3,(H2,33,35);2H,1H3/b6-4+;/t24-,26?;/m0./s1. The summed E-state index contributed by atoms with van der Waals surface area (Å²) in [6.45, 7) is 4.84. The number of nitrogens with zero attached hydrogens (tertiary/aromatic N) is 1. The Bertz CT molecular complexity index is 1020. The largest absolute Gasteiger partial charge is 0.491 e. The number of carbonyl (C=O) groups is 1. The van der Waals surface area contributed by atoms with Crippen molar-refractivity contribution in [1.82, 2.24) is 0 Å². The summed E-state index contributed by atoms with van der Waals surface area (Å²) < 4.78 is 6.26. The van der Waals surface area contributed by atoms with E-state index in [0.717, 1.165) is 75.2 Å². The maximum Gasteiger partial charge on any atom is 0.248 e. The smallest absolute Gasteiger partial charge is 0.248 e. The third-order valence-corrected chi connectivity index (χ3v) is 8.18. The highest BCUT2D eigenvalue weighted by atomic mass is 35.5. The molecule has 0 aliphatic carbocycles. The summed E-state index contributed by atoms with van der Waals surface area (Å²) in [5.74, 6) is 2.74. The summed E-state index contributed by atoms with van der Waals surface area (Å²) in [5, 5.41) is 7.79. The number of hydrogen-bond donors (Lipinski definition) is 2. The van der Waals surface area contributed by atoms with Crippen molar-refractivity contribution in [3.63, 3.8) is 0 Å². The topological polar surface area (TPSA) is 75.8 Å². The van der Waals surface area contributed by atoms with Crippen molar-refractivity contribution in [3.8, 4) is 5.75 Å². The highest BCUT2D eigenvalue weighted by Crippen LogP contribution is 2.35. The van der Waals surface area contributed by atoms with E-state index in [1.54, 1.807) is 6.07 Å². The number of primary amides is 1. The first-order chi connectivity index (χ1) is 19.0. The molecular weight excluding hydrogens is 528 g/mol. The van der Waals surface area contributed by atoms with E-state index < -0.39 is 5.91 Å². The van der Waals surface area contributed by atoms with Gasteiger partial charge in [0.15, 0.2) is 0 Å². The van der Waals surface area contributed by atoms with Crippen LogP contribution in [0.25, 0.3) is 0 Å². The number of aliphatic hydroxyl groups is 1. The average Bonchev–Trinajstić information content (AvgIpc) is 3.12. The Morgan fingerprint density at radius 1 is 1.23 bits per heavy atom. The number of benzene rings is 2. The Labute approximate surface area is 245 Å². The molecule has 1 heterocycles. The Kier molecular flexibility index (Phi) is 16.1. The number of carbonyl (C=O) groups excluding carboxylic acids is 1. The number of allylic oxidation sites excluding steroid dienone is 2. The van der Waals surface area contributed by atoms with Gasteiger partial charge >= 0.3 is 0 Å². The number of aryl methyl sites for hydroxylation is 1. The lowest BCUT2D eigenvalue weighted by Gasteiger charge is -2.28. The molecule has 7 heteroatoms. The molecule has 1 unspecified atom stereocenters. The molecule has 3 N–H and O–H groups in total. The van der Waals surface area contributed by atoms with Gasteiger partial charge in [0.1, 0.15) is 5.75 Å². The molecule has 39 heavy (non-hydrogen) atoms. The molecule has 216 valence electrons. The highest BCUT2D eigenvalue weighted by Gasteiger charge is 2.24. The zero-order valence-electron chi connectivity index (χ0n) is 23.9. The van der Waals surface area contributed by atoms with Crippen molar-refractivity contribution in [3.05, 3.63) is 70.8 Å². The van der Waals surface area contributed by atoms with Crippen molar-refractivity contribution in [2.75, 3.05) is 43.7 Å². The quantitative estimate of drug-likeness (QED) is 0.171. The van der Waals surface area contributed by atoms with Crippen LogP contribution in [0.4, 0.5) is 5.69 Å². The van der Waals surface area contributed by atoms with Crippen molar-refractivity contribution >= 4 is 35.0 Å². The third kappa shape index (κ3) is 11.9. The minimum absolute atomic E-state index is 0.400. The molecule has 1 aliphatic heterocycles. The van der Waals surface area contributed by atoms with Crippen LogP contribution in [0.2, 0.25) is 5.02 Å². The van der Waals surface area contributed by atoms with Gasteiger partial charge in [0.2, 0.25) is 5.91 Å². The van der Waals surface area contributed by atoms with Gasteiger partial charge in [-0.05, 0) is 98.8 Å². The number of unbranched alkanes of at least 4 members (excludes halogenated alkanes) is 1. The maximum absolute atomic E-state index is 11.9. The first kappa shape index (κ1) is 33.1. The SMILES string of the molecule is CC[C@@H](C/C=C/CCCSC)CCN1CC(CCCc2cccc(Cl)c2)COc2ccc(C(N)=O)cc21.CO. The molecule has 0 spiro atoms. The molecule has 3 rings (SSSR count). The van der Waals surface area contributed by atoms with E-state index in [4.69, 9.17) is 27.2 Å². The molecule has 1 amide bonds. The minimum atomic E-state index is -0.400. The molecular formula is C32H47ClN2O3S. The first-order valence-corrected chi connectivity index (χ1v) is 15.9. The Hall–Kier alpha value is -2.15. The number of hydrogen-bond acceptors (Lipinski definition) is 5. The van der Waals surface area contributed by atoms with Gasteiger partial charge in [-0.25, -0.2) is 0 Å². The number of nitrogens with two attached hydrogens (primary N) is 1. The Morgan fingerprint density at radius 2 is 2.05 bits per heavy atom. The van der Waals surface area contributed by atoms with Crippen LogP contribution in [0, 0.1) is 11.8 Å². The molecule has 2 aromatic carbocycles. The second-order valence-corrected chi connectivity index (χ2v) is 11.5. The summed E-state index contributed by atoms with van der Waals surface area (Å²) in [6.07, 6.45) is 15.9. The molecule has 2 aromatic rings. The van der Waals surface area contributed by atoms with Crippen LogP contribution in [0.1, 0.15) is 67.8 Å². The molecule has 0 bridgehead atoms. The van der Waals surface area contributed by atoms with Crippen LogP contribution >= 0.6 is 23.4 Å². The molecule has 5 nitrogen and oxygen atoms in total. The number of rotatable bonds is 15. The van der Waals surface area contributed by atoms with Crippen LogP contribution < -0.4 is 15.4 Å². The van der Waals surface area contributed by atoms with Crippen LogP contribution in [0.5, 0.6) is 5.75 Å². The molecule has 0 aromatic heterocycles. The van der Waals surface area contributed by atoms with Gasteiger partial charge in [0.05, 0.1) is 12.3 Å². The van der Waals surface area contributed by atoms with Crippen molar-refractivity contribution < 1.29 is 14.6 Å². The lowest BCUT2D eigenvalue weighted by atomic mass is 9.96. The summed E-state index contributed by atoms with van der Waals surface area (Å²) in [5.41, 5.74) is 8.42. The Morgan fingerprint density at radius 3 is 2.77 bits per heavy atom. The number of aliphatic hydroxyl groups excluding tert-OH is 1. The van der Waals surface area contributed by atoms with E-state index in [2.05, 4.69) is 42.4 Å². The van der Waals surface area contributed by atoms with E-state index >= 15 is 0 Å². The minimum Gasteiger partial charge on any atom is -0.491 e. The van der Waals surface area contributed by atoms with Gasteiger partial charge < -0.3 is 20.5 Å². The van der Waals surface area contributed by atoms with Crippen molar-refractivity contribution in [1.29, 1.82) is 0 Å². The maximum atomic E-state index is 11.9. The van der Waals surface area contributed by atoms with Gasteiger partial charge in [0.25, 0.3) is 0 Å². The summed E-state index contributed by atoms with van der Waals surface area (Å²) >= 11 is 8.08. The zero-order valence-corrected chi connectivity index (χ0v) is 25.5. The summed E-state index contributed by atoms with van der Waals surface area (Å²) in [6, 6.07) is 13.7. The lowest BCUT2D eigenvalue weighted by molar-refractivity contribution is 0.1000. The fourth-order valence-electron chi connectivity index (χ4n) is 4.96. The molecule has 1 aliphatic rings. The first-order valence-electron chi connectivity index (χ1n) is 14.1. The van der Waals surface area contributed by atoms with Gasteiger partial charge in [-0.3, -0.25) is 4.79 Å². The predicted molar refractivity (Wildman–Crippen MR) is 168 cm³/mol. The van der Waals surface area contributed by atoms with Crippen LogP contribution in [-0.2, 0) is 6.42 Å². The van der Waals surface area contributed by atoms with Gasteiger partial charge in [-0.1, -0.05) is 49.2 Å².